The van der Waals surface area contributed by atoms with Gasteiger partial charge in [0.05, 0.1) is 4.92 Å². The normalized spacial score (nSPS) is 13.7. The first kappa shape index (κ1) is 18.1. The van der Waals surface area contributed by atoms with E-state index in [2.05, 4.69) is 15.9 Å². The standard InChI is InChI=1S/C18H16BrN3O4/c19-14-5-3-13(4-6-14)18(24)21(12-20-11-1-2-17(20)23)15-7-9-16(10-8-15)22(25)26/h3-10H,1-2,11-12H2. The summed E-state index contributed by atoms with van der Waals surface area (Å²) in [4.78, 5) is 38.4. The molecule has 1 heterocycles. The van der Waals surface area contributed by atoms with Gasteiger partial charge in [-0.1, -0.05) is 15.9 Å². The summed E-state index contributed by atoms with van der Waals surface area (Å²) in [6.07, 6.45) is 1.24. The van der Waals surface area contributed by atoms with E-state index in [0.29, 0.717) is 24.2 Å². The number of carbonyl (C=O) groups excluding carboxylic acids is 2. The van der Waals surface area contributed by atoms with Gasteiger partial charge in [-0.2, -0.15) is 0 Å². The van der Waals surface area contributed by atoms with Crippen LogP contribution < -0.4 is 4.90 Å². The molecule has 0 spiro atoms. The van der Waals surface area contributed by atoms with Gasteiger partial charge in [-0.15, -0.1) is 0 Å². The van der Waals surface area contributed by atoms with Crippen LogP contribution in [0.25, 0.3) is 0 Å². The van der Waals surface area contributed by atoms with Crippen molar-refractivity contribution in [2.75, 3.05) is 18.1 Å². The monoisotopic (exact) mass is 417 g/mol. The zero-order valence-corrected chi connectivity index (χ0v) is 15.4. The molecule has 1 saturated heterocycles. The molecule has 0 bridgehead atoms. The highest BCUT2D eigenvalue weighted by atomic mass is 79.9. The van der Waals surface area contributed by atoms with Crippen molar-refractivity contribution >= 4 is 39.1 Å². The van der Waals surface area contributed by atoms with Crippen LogP contribution in [0.4, 0.5) is 11.4 Å². The van der Waals surface area contributed by atoms with Gasteiger partial charge in [0, 0.05) is 40.8 Å². The Kier molecular flexibility index (Phi) is 5.32. The van der Waals surface area contributed by atoms with Crippen LogP contribution in [-0.4, -0.2) is 34.9 Å². The van der Waals surface area contributed by atoms with E-state index in [4.69, 9.17) is 0 Å². The van der Waals surface area contributed by atoms with Crippen molar-refractivity contribution in [3.63, 3.8) is 0 Å². The maximum Gasteiger partial charge on any atom is 0.269 e. The highest BCUT2D eigenvalue weighted by molar-refractivity contribution is 9.10. The van der Waals surface area contributed by atoms with Gasteiger partial charge in [-0.3, -0.25) is 24.6 Å². The lowest BCUT2D eigenvalue weighted by atomic mass is 10.2. The Morgan fingerprint density at radius 1 is 1.15 bits per heavy atom. The highest BCUT2D eigenvalue weighted by Gasteiger charge is 2.26. The van der Waals surface area contributed by atoms with Crippen LogP contribution in [-0.2, 0) is 4.79 Å². The Bertz CT molecular complexity index is 837. The molecule has 0 saturated carbocycles. The van der Waals surface area contributed by atoms with E-state index in [1.165, 1.54) is 29.2 Å². The summed E-state index contributed by atoms with van der Waals surface area (Å²) in [5, 5.41) is 10.9. The first-order valence-corrected chi connectivity index (χ1v) is 8.84. The third kappa shape index (κ3) is 3.91. The van der Waals surface area contributed by atoms with Gasteiger partial charge in [0.2, 0.25) is 5.91 Å². The third-order valence-corrected chi connectivity index (χ3v) is 4.72. The summed E-state index contributed by atoms with van der Waals surface area (Å²) in [6, 6.07) is 12.7. The van der Waals surface area contributed by atoms with E-state index in [1.807, 2.05) is 0 Å². The minimum Gasteiger partial charge on any atom is -0.324 e. The van der Waals surface area contributed by atoms with Crippen LogP contribution in [0.3, 0.4) is 0 Å². The summed E-state index contributed by atoms with van der Waals surface area (Å²) in [5.74, 6) is -0.272. The minimum absolute atomic E-state index is 0.000479. The van der Waals surface area contributed by atoms with E-state index in [-0.39, 0.29) is 24.2 Å². The summed E-state index contributed by atoms with van der Waals surface area (Å²) >= 11 is 3.34. The number of likely N-dealkylation sites (tertiary alicyclic amines) is 1. The largest absolute Gasteiger partial charge is 0.324 e. The Hall–Kier alpha value is -2.74. The SMILES string of the molecule is O=C1CCCN1CN(C(=O)c1ccc(Br)cc1)c1ccc([N+](=O)[O-])cc1. The molecule has 2 amide bonds. The van der Waals surface area contributed by atoms with Crippen molar-refractivity contribution in [1.29, 1.82) is 0 Å². The van der Waals surface area contributed by atoms with Crippen molar-refractivity contribution in [2.45, 2.75) is 12.8 Å². The van der Waals surface area contributed by atoms with Gasteiger partial charge in [0.15, 0.2) is 0 Å². The van der Waals surface area contributed by atoms with Crippen molar-refractivity contribution in [3.8, 4) is 0 Å². The van der Waals surface area contributed by atoms with E-state index < -0.39 is 4.92 Å². The first-order valence-electron chi connectivity index (χ1n) is 8.05. The number of amides is 2. The molecule has 26 heavy (non-hydrogen) atoms. The predicted octanol–water partition coefficient (Wildman–Crippen LogP) is 3.58. The zero-order valence-electron chi connectivity index (χ0n) is 13.8. The van der Waals surface area contributed by atoms with Crippen molar-refractivity contribution in [1.82, 2.24) is 4.90 Å². The van der Waals surface area contributed by atoms with Crippen LogP contribution in [0.15, 0.2) is 53.0 Å². The Labute approximate surface area is 158 Å². The van der Waals surface area contributed by atoms with Gasteiger partial charge in [-0.25, -0.2) is 0 Å². The molecule has 0 N–H and O–H groups in total. The molecule has 7 nitrogen and oxygen atoms in total. The van der Waals surface area contributed by atoms with Crippen molar-refractivity contribution < 1.29 is 14.5 Å². The third-order valence-electron chi connectivity index (χ3n) is 4.19. The maximum absolute atomic E-state index is 13.0. The number of rotatable bonds is 5. The molecule has 2 aromatic rings. The van der Waals surface area contributed by atoms with Crippen molar-refractivity contribution in [2.24, 2.45) is 0 Å². The quantitative estimate of drug-likeness (QED) is 0.549. The van der Waals surface area contributed by atoms with E-state index in [1.54, 1.807) is 29.2 Å². The number of nitro benzene ring substituents is 1. The van der Waals surface area contributed by atoms with Crippen molar-refractivity contribution in [3.05, 3.63) is 68.7 Å². The fourth-order valence-corrected chi connectivity index (χ4v) is 3.05. The van der Waals surface area contributed by atoms with Crippen LogP contribution in [0, 0.1) is 10.1 Å². The smallest absolute Gasteiger partial charge is 0.269 e. The first-order chi connectivity index (χ1) is 12.5. The fourth-order valence-electron chi connectivity index (χ4n) is 2.79. The number of nitro groups is 1. The number of benzene rings is 2. The highest BCUT2D eigenvalue weighted by Crippen LogP contribution is 2.23. The average Bonchev–Trinajstić information content (AvgIpc) is 3.04. The van der Waals surface area contributed by atoms with Gasteiger partial charge in [0.25, 0.3) is 11.6 Å². The number of nitrogens with zero attached hydrogens (tertiary/aromatic N) is 3. The second-order valence-electron chi connectivity index (χ2n) is 5.92. The van der Waals surface area contributed by atoms with Crippen LogP contribution in [0.5, 0.6) is 0 Å². The number of hydrogen-bond acceptors (Lipinski definition) is 4. The number of non-ortho nitro benzene ring substituents is 1. The average molecular weight is 418 g/mol. The summed E-state index contributed by atoms with van der Waals surface area (Å²) in [5.41, 5.74) is 0.920. The van der Waals surface area contributed by atoms with Gasteiger partial charge in [-0.05, 0) is 42.8 Å². The Morgan fingerprint density at radius 2 is 1.81 bits per heavy atom. The molecule has 1 aliphatic rings. The molecule has 1 aliphatic heterocycles. The number of halogens is 1. The molecular formula is C18H16BrN3O4. The lowest BCUT2D eigenvalue weighted by molar-refractivity contribution is -0.384. The second-order valence-corrected chi connectivity index (χ2v) is 6.83. The van der Waals surface area contributed by atoms with Crippen LogP contribution in [0.2, 0.25) is 0 Å². The summed E-state index contributed by atoms with van der Waals surface area (Å²) in [6.45, 7) is 0.710. The Morgan fingerprint density at radius 3 is 2.35 bits per heavy atom. The van der Waals surface area contributed by atoms with E-state index in [0.717, 1.165) is 10.9 Å². The fraction of sp³-hybridized carbons (Fsp3) is 0.222. The number of hydrogen-bond donors (Lipinski definition) is 0. The summed E-state index contributed by atoms with van der Waals surface area (Å²) in [7, 11) is 0. The van der Waals surface area contributed by atoms with E-state index >= 15 is 0 Å². The molecule has 0 unspecified atom stereocenters. The lowest BCUT2D eigenvalue weighted by Crippen LogP contribution is -2.42. The second kappa shape index (κ2) is 7.65. The molecule has 1 fully saturated rings. The molecule has 3 rings (SSSR count). The molecule has 0 atom stereocenters. The molecule has 0 aromatic heterocycles. The lowest BCUT2D eigenvalue weighted by Gasteiger charge is -2.28. The van der Waals surface area contributed by atoms with Crippen LogP contribution in [0.1, 0.15) is 23.2 Å². The topological polar surface area (TPSA) is 83.8 Å². The minimum atomic E-state index is -0.491. The van der Waals surface area contributed by atoms with Gasteiger partial charge < -0.3 is 4.90 Å². The van der Waals surface area contributed by atoms with Gasteiger partial charge >= 0.3 is 0 Å². The molecule has 0 radical (unpaired) electrons. The summed E-state index contributed by atoms with van der Waals surface area (Å²) < 4.78 is 0.852. The molecule has 0 aliphatic carbocycles. The zero-order chi connectivity index (χ0) is 18.7. The maximum atomic E-state index is 13.0. The van der Waals surface area contributed by atoms with Crippen LogP contribution >= 0.6 is 15.9 Å². The van der Waals surface area contributed by atoms with E-state index in [9.17, 15) is 19.7 Å². The molecule has 2 aromatic carbocycles. The van der Waals surface area contributed by atoms with Gasteiger partial charge in [0.1, 0.15) is 6.67 Å². The molecule has 8 heteroatoms. The molecular weight excluding hydrogens is 402 g/mol. The number of carbonyl (C=O) groups is 2. The Balaban J connectivity index is 1.92. The predicted molar refractivity (Wildman–Crippen MR) is 99.9 cm³/mol. The number of anilines is 1. The molecule has 134 valence electrons.